The Hall–Kier alpha value is -1.02. The molecule has 0 radical (unpaired) electrons. The molecule has 0 amide bonds. The van der Waals surface area contributed by atoms with Crippen LogP contribution in [-0.4, -0.2) is 30.9 Å². The Kier molecular flexibility index (Phi) is 3.53. The summed E-state index contributed by atoms with van der Waals surface area (Å²) in [6.45, 7) is 1.03. The average Bonchev–Trinajstić information content (AvgIpc) is 2.94. The molecule has 4 saturated carbocycles. The molecule has 3 unspecified atom stereocenters. The molecule has 0 aromatic heterocycles. The molecular formula is C20H27ClN2. The lowest BCUT2D eigenvalue weighted by Crippen LogP contribution is -2.60. The van der Waals surface area contributed by atoms with Crippen molar-refractivity contribution in [1.82, 2.24) is 4.90 Å². The Morgan fingerprint density at radius 1 is 1.04 bits per heavy atom. The lowest BCUT2D eigenvalue weighted by molar-refractivity contribution is -0.0982. The summed E-state index contributed by atoms with van der Waals surface area (Å²) in [7, 11) is 2.24. The first-order chi connectivity index (χ1) is 10.7. The molecule has 0 N–H and O–H groups in total. The van der Waals surface area contributed by atoms with E-state index in [1.54, 1.807) is 5.56 Å². The highest BCUT2D eigenvalue weighted by Gasteiger charge is 2.61. The zero-order chi connectivity index (χ0) is 14.8. The molecule has 0 spiro atoms. The molecule has 1 aromatic carbocycles. The van der Waals surface area contributed by atoms with Crippen molar-refractivity contribution >= 4 is 18.7 Å². The molecule has 124 valence electrons. The Bertz CT molecular complexity index is 597. The summed E-state index contributed by atoms with van der Waals surface area (Å²) in [6, 6.07) is 12.1. The molecule has 4 bridgehead atoms. The van der Waals surface area contributed by atoms with E-state index in [2.05, 4.69) is 53.6 Å². The summed E-state index contributed by atoms with van der Waals surface area (Å²) in [5.41, 5.74) is 2.61. The minimum absolute atomic E-state index is 0. The molecule has 4 fully saturated rings. The summed E-state index contributed by atoms with van der Waals surface area (Å²) >= 11 is 0. The number of nitrogens with zero attached hydrogens (tertiary/aromatic N) is 2. The minimum atomic E-state index is 0. The van der Waals surface area contributed by atoms with Crippen LogP contribution >= 0.6 is 12.4 Å². The van der Waals surface area contributed by atoms with Crippen LogP contribution in [0, 0.1) is 17.3 Å². The third kappa shape index (κ3) is 2.17. The van der Waals surface area contributed by atoms with Crippen LogP contribution < -0.4 is 0 Å². The fourth-order valence-electron chi connectivity index (χ4n) is 6.96. The third-order valence-electron chi connectivity index (χ3n) is 7.23. The average molecular weight is 331 g/mol. The van der Waals surface area contributed by atoms with E-state index in [1.165, 1.54) is 38.5 Å². The van der Waals surface area contributed by atoms with Crippen LogP contribution in [0.15, 0.2) is 35.3 Å². The summed E-state index contributed by atoms with van der Waals surface area (Å²) in [5.74, 6) is 1.91. The van der Waals surface area contributed by atoms with Gasteiger partial charge in [-0.15, -0.1) is 12.4 Å². The van der Waals surface area contributed by atoms with Crippen LogP contribution in [0.1, 0.15) is 44.1 Å². The highest BCUT2D eigenvalue weighted by molar-refractivity contribution is 5.85. The van der Waals surface area contributed by atoms with Crippen molar-refractivity contribution in [3.63, 3.8) is 0 Å². The van der Waals surface area contributed by atoms with Gasteiger partial charge in [0.05, 0.1) is 18.9 Å². The molecule has 1 heterocycles. The molecular weight excluding hydrogens is 304 g/mol. The van der Waals surface area contributed by atoms with Crippen molar-refractivity contribution in [3.8, 4) is 0 Å². The number of halogens is 1. The lowest BCUT2D eigenvalue weighted by atomic mass is 9.41. The van der Waals surface area contributed by atoms with Crippen molar-refractivity contribution in [2.75, 3.05) is 13.6 Å². The van der Waals surface area contributed by atoms with Crippen LogP contribution in [0.3, 0.4) is 0 Å². The number of likely N-dealkylation sites (N-methyl/N-ethyl adjacent to an activating group) is 1. The number of hydrogen-bond acceptors (Lipinski definition) is 2. The predicted molar refractivity (Wildman–Crippen MR) is 97.4 cm³/mol. The van der Waals surface area contributed by atoms with Crippen LogP contribution in [-0.2, 0) is 5.41 Å². The third-order valence-corrected chi connectivity index (χ3v) is 7.23. The van der Waals surface area contributed by atoms with Crippen LogP contribution in [0.25, 0.3) is 0 Å². The van der Waals surface area contributed by atoms with Crippen molar-refractivity contribution < 1.29 is 0 Å². The van der Waals surface area contributed by atoms with Crippen molar-refractivity contribution in [1.29, 1.82) is 0 Å². The monoisotopic (exact) mass is 330 g/mol. The Labute approximate surface area is 145 Å². The fourth-order valence-corrected chi connectivity index (χ4v) is 6.96. The van der Waals surface area contributed by atoms with Gasteiger partial charge >= 0.3 is 0 Å². The van der Waals surface area contributed by atoms with Crippen molar-refractivity contribution in [2.24, 2.45) is 22.2 Å². The van der Waals surface area contributed by atoms with E-state index in [0.717, 1.165) is 18.4 Å². The lowest BCUT2D eigenvalue weighted by Gasteiger charge is -2.64. The zero-order valence-corrected chi connectivity index (χ0v) is 14.8. The maximum atomic E-state index is 4.60. The first-order valence-corrected chi connectivity index (χ1v) is 8.97. The quantitative estimate of drug-likeness (QED) is 0.790. The molecule has 5 aliphatic rings. The molecule has 1 aliphatic heterocycles. The van der Waals surface area contributed by atoms with E-state index in [-0.39, 0.29) is 12.4 Å². The van der Waals surface area contributed by atoms with Gasteiger partial charge in [-0.1, -0.05) is 30.3 Å². The van der Waals surface area contributed by atoms with Gasteiger partial charge in [0, 0.05) is 7.05 Å². The molecule has 1 aromatic rings. The Morgan fingerprint density at radius 2 is 1.74 bits per heavy atom. The smallest absolute Gasteiger partial charge is 0.0851 e. The van der Waals surface area contributed by atoms with Gasteiger partial charge in [0.15, 0.2) is 0 Å². The maximum Gasteiger partial charge on any atom is 0.0851 e. The summed E-state index contributed by atoms with van der Waals surface area (Å²) in [4.78, 5) is 7.02. The maximum absolute atomic E-state index is 4.60. The van der Waals surface area contributed by atoms with E-state index in [1.807, 2.05) is 0 Å². The summed E-state index contributed by atoms with van der Waals surface area (Å²) < 4.78 is 0. The van der Waals surface area contributed by atoms with E-state index < -0.39 is 0 Å². The standard InChI is InChI=1S/C20H26N2.ClH/c1-22-14-21-12-18(22)20-10-15-7-16(11-20)9-19(8-15,13-20)17-5-3-2-4-6-17;/h2-6,14-16,18H,7-13H2,1H3;1H. The van der Waals surface area contributed by atoms with Gasteiger partial charge < -0.3 is 4.90 Å². The topological polar surface area (TPSA) is 15.6 Å². The number of rotatable bonds is 2. The molecule has 4 aliphatic carbocycles. The van der Waals surface area contributed by atoms with Gasteiger partial charge in [-0.05, 0) is 66.8 Å². The molecule has 23 heavy (non-hydrogen) atoms. The van der Waals surface area contributed by atoms with Crippen LogP contribution in [0.2, 0.25) is 0 Å². The van der Waals surface area contributed by atoms with E-state index in [0.29, 0.717) is 16.9 Å². The van der Waals surface area contributed by atoms with Gasteiger partial charge in [-0.2, -0.15) is 0 Å². The first-order valence-electron chi connectivity index (χ1n) is 8.97. The molecule has 3 heteroatoms. The predicted octanol–water partition coefficient (Wildman–Crippen LogP) is 4.29. The molecule has 0 saturated heterocycles. The number of benzene rings is 1. The van der Waals surface area contributed by atoms with Crippen molar-refractivity contribution in [2.45, 2.75) is 50.0 Å². The molecule has 3 atom stereocenters. The fraction of sp³-hybridized carbons (Fsp3) is 0.650. The summed E-state index contributed by atoms with van der Waals surface area (Å²) in [6.07, 6.45) is 10.8. The zero-order valence-electron chi connectivity index (χ0n) is 13.9. The highest BCUT2D eigenvalue weighted by atomic mass is 35.5. The van der Waals surface area contributed by atoms with Crippen LogP contribution in [0.5, 0.6) is 0 Å². The van der Waals surface area contributed by atoms with Gasteiger partial charge in [-0.3, -0.25) is 4.99 Å². The SMILES string of the molecule is CN1C=NCC1C12CC3CC(CC(c4ccccc4)(C3)C1)C2.Cl. The second kappa shape index (κ2) is 5.24. The largest absolute Gasteiger partial charge is 0.361 e. The number of hydrogen-bond donors (Lipinski definition) is 0. The van der Waals surface area contributed by atoms with Gasteiger partial charge in [0.2, 0.25) is 0 Å². The first kappa shape index (κ1) is 15.5. The van der Waals surface area contributed by atoms with Gasteiger partial charge in [-0.25, -0.2) is 0 Å². The molecule has 2 nitrogen and oxygen atoms in total. The second-order valence-electron chi connectivity index (χ2n) is 8.63. The minimum Gasteiger partial charge on any atom is -0.361 e. The highest BCUT2D eigenvalue weighted by Crippen LogP contribution is 2.67. The normalized spacial score (nSPS) is 43.7. The van der Waals surface area contributed by atoms with E-state index in [4.69, 9.17) is 0 Å². The Morgan fingerprint density at radius 3 is 2.35 bits per heavy atom. The second-order valence-corrected chi connectivity index (χ2v) is 8.63. The van der Waals surface area contributed by atoms with Crippen molar-refractivity contribution in [3.05, 3.63) is 35.9 Å². The van der Waals surface area contributed by atoms with Gasteiger partial charge in [0.1, 0.15) is 0 Å². The van der Waals surface area contributed by atoms with Gasteiger partial charge in [0.25, 0.3) is 0 Å². The summed E-state index contributed by atoms with van der Waals surface area (Å²) in [5, 5.41) is 0. The molecule has 6 rings (SSSR count). The Balaban J connectivity index is 0.00000135. The van der Waals surface area contributed by atoms with Crippen LogP contribution in [0.4, 0.5) is 0 Å². The number of aliphatic imine (C=N–C) groups is 1. The van der Waals surface area contributed by atoms with E-state index in [9.17, 15) is 0 Å². The van der Waals surface area contributed by atoms with E-state index >= 15 is 0 Å².